The minimum absolute atomic E-state index is 0.0349. The summed E-state index contributed by atoms with van der Waals surface area (Å²) in [5, 5.41) is 4.14. The summed E-state index contributed by atoms with van der Waals surface area (Å²) in [6, 6.07) is 1.54. The maximum atomic E-state index is 11.9. The topological polar surface area (TPSA) is 73.4 Å². The van der Waals surface area contributed by atoms with E-state index in [0.717, 1.165) is 18.7 Å². The third kappa shape index (κ3) is 4.12. The standard InChI is InChI=1S/C12H22N4O2/c1-4-10(13)9-16-12(17)7-11(8-14-16)15(2)5-6-18-3/h7-8,10H,4-6,9,13H2,1-3H3. The SMILES string of the molecule is CCC(N)Cn1ncc(N(C)CCOC)cc1=O. The Balaban J connectivity index is 2.75. The molecular formula is C12H22N4O2. The molecule has 0 amide bonds. The molecule has 0 radical (unpaired) electrons. The summed E-state index contributed by atoms with van der Waals surface area (Å²) in [4.78, 5) is 13.8. The van der Waals surface area contributed by atoms with Crippen LogP contribution in [0.1, 0.15) is 13.3 Å². The third-order valence-electron chi connectivity index (χ3n) is 2.86. The molecule has 1 aromatic rings. The van der Waals surface area contributed by atoms with E-state index in [2.05, 4.69) is 5.10 Å². The minimum Gasteiger partial charge on any atom is -0.383 e. The van der Waals surface area contributed by atoms with Gasteiger partial charge in [0.2, 0.25) is 0 Å². The number of anilines is 1. The summed E-state index contributed by atoms with van der Waals surface area (Å²) in [7, 11) is 3.55. The van der Waals surface area contributed by atoms with E-state index in [0.29, 0.717) is 13.2 Å². The Bertz CT molecular complexity index is 419. The van der Waals surface area contributed by atoms with E-state index >= 15 is 0 Å². The summed E-state index contributed by atoms with van der Waals surface area (Å²) in [5.74, 6) is 0. The van der Waals surface area contributed by atoms with E-state index < -0.39 is 0 Å². The molecule has 1 atom stereocenters. The third-order valence-corrected chi connectivity index (χ3v) is 2.86. The zero-order valence-corrected chi connectivity index (χ0v) is 11.3. The van der Waals surface area contributed by atoms with E-state index in [4.69, 9.17) is 10.5 Å². The predicted octanol–water partition coefficient (Wildman–Crippen LogP) is 0.0632. The van der Waals surface area contributed by atoms with Gasteiger partial charge in [-0.05, 0) is 6.42 Å². The van der Waals surface area contributed by atoms with Gasteiger partial charge in [-0.15, -0.1) is 0 Å². The van der Waals surface area contributed by atoms with Crippen molar-refractivity contribution in [1.29, 1.82) is 0 Å². The number of likely N-dealkylation sites (N-methyl/N-ethyl adjacent to an activating group) is 1. The maximum absolute atomic E-state index is 11.9. The first kappa shape index (κ1) is 14.7. The number of hydrogen-bond donors (Lipinski definition) is 1. The van der Waals surface area contributed by atoms with Gasteiger partial charge in [0.05, 0.1) is 25.0 Å². The predicted molar refractivity (Wildman–Crippen MR) is 71.9 cm³/mol. The molecule has 0 fully saturated rings. The lowest BCUT2D eigenvalue weighted by Gasteiger charge is -2.18. The Hall–Kier alpha value is -1.40. The summed E-state index contributed by atoms with van der Waals surface area (Å²) in [5.41, 5.74) is 6.48. The van der Waals surface area contributed by atoms with Crippen LogP contribution in [0.25, 0.3) is 0 Å². The molecule has 0 saturated carbocycles. The normalized spacial score (nSPS) is 12.4. The van der Waals surface area contributed by atoms with Crippen molar-refractivity contribution < 1.29 is 4.74 Å². The average Bonchev–Trinajstić information content (AvgIpc) is 2.38. The average molecular weight is 254 g/mol. The molecule has 6 nitrogen and oxygen atoms in total. The monoisotopic (exact) mass is 254 g/mol. The lowest BCUT2D eigenvalue weighted by atomic mass is 10.2. The number of hydrogen-bond acceptors (Lipinski definition) is 5. The van der Waals surface area contributed by atoms with Crippen LogP contribution in [0.15, 0.2) is 17.1 Å². The molecule has 6 heteroatoms. The van der Waals surface area contributed by atoms with Gasteiger partial charge in [-0.25, -0.2) is 4.68 Å². The van der Waals surface area contributed by atoms with Gasteiger partial charge in [-0.1, -0.05) is 6.92 Å². The lowest BCUT2D eigenvalue weighted by molar-refractivity contribution is 0.206. The van der Waals surface area contributed by atoms with E-state index in [1.807, 2.05) is 18.9 Å². The van der Waals surface area contributed by atoms with E-state index in [1.165, 1.54) is 4.68 Å². The molecule has 1 aromatic heterocycles. The Kier molecular flexibility index (Phi) is 5.80. The quantitative estimate of drug-likeness (QED) is 0.745. The molecule has 0 aromatic carbocycles. The van der Waals surface area contributed by atoms with Crippen LogP contribution in [0, 0.1) is 0 Å². The van der Waals surface area contributed by atoms with Crippen LogP contribution in [0.3, 0.4) is 0 Å². The van der Waals surface area contributed by atoms with Gasteiger partial charge >= 0.3 is 0 Å². The number of ether oxygens (including phenoxy) is 1. The Labute approximate surface area is 107 Å². The number of nitrogens with zero attached hydrogens (tertiary/aromatic N) is 3. The van der Waals surface area contributed by atoms with Gasteiger partial charge in [0.1, 0.15) is 0 Å². The molecule has 0 spiro atoms. The smallest absolute Gasteiger partial charge is 0.268 e. The fraction of sp³-hybridized carbons (Fsp3) is 0.667. The molecule has 0 aliphatic heterocycles. The molecule has 0 aliphatic carbocycles. The molecule has 2 N–H and O–H groups in total. The van der Waals surface area contributed by atoms with Gasteiger partial charge < -0.3 is 15.4 Å². The van der Waals surface area contributed by atoms with Crippen molar-refractivity contribution in [1.82, 2.24) is 9.78 Å². The highest BCUT2D eigenvalue weighted by molar-refractivity contribution is 5.41. The number of methoxy groups -OCH3 is 1. The number of aromatic nitrogens is 2. The van der Waals surface area contributed by atoms with E-state index in [-0.39, 0.29) is 11.6 Å². The number of rotatable bonds is 7. The lowest BCUT2D eigenvalue weighted by Crippen LogP contribution is -2.33. The molecule has 1 rings (SSSR count). The van der Waals surface area contributed by atoms with Crippen molar-refractivity contribution >= 4 is 5.69 Å². The van der Waals surface area contributed by atoms with Crippen LogP contribution < -0.4 is 16.2 Å². The zero-order valence-electron chi connectivity index (χ0n) is 11.3. The fourth-order valence-electron chi connectivity index (χ4n) is 1.48. The molecule has 1 heterocycles. The summed E-state index contributed by atoms with van der Waals surface area (Å²) < 4.78 is 6.40. The first-order chi connectivity index (χ1) is 8.58. The van der Waals surface area contributed by atoms with Crippen molar-refractivity contribution in [3.05, 3.63) is 22.6 Å². The summed E-state index contributed by atoms with van der Waals surface area (Å²) in [6.07, 6.45) is 2.50. The molecule has 1 unspecified atom stereocenters. The second kappa shape index (κ2) is 7.13. The highest BCUT2D eigenvalue weighted by atomic mass is 16.5. The maximum Gasteiger partial charge on any atom is 0.268 e. The second-order valence-electron chi connectivity index (χ2n) is 4.32. The van der Waals surface area contributed by atoms with Crippen LogP contribution >= 0.6 is 0 Å². The van der Waals surface area contributed by atoms with Crippen molar-refractivity contribution in [3.63, 3.8) is 0 Å². The van der Waals surface area contributed by atoms with Gasteiger partial charge in [-0.3, -0.25) is 4.79 Å². The summed E-state index contributed by atoms with van der Waals surface area (Å²) in [6.45, 7) is 3.77. The van der Waals surface area contributed by atoms with Crippen molar-refractivity contribution in [2.45, 2.75) is 25.9 Å². The van der Waals surface area contributed by atoms with E-state index in [9.17, 15) is 4.79 Å². The van der Waals surface area contributed by atoms with Gasteiger partial charge in [0, 0.05) is 32.8 Å². The first-order valence-electron chi connectivity index (χ1n) is 6.11. The minimum atomic E-state index is -0.124. The molecular weight excluding hydrogens is 232 g/mol. The molecule has 0 bridgehead atoms. The van der Waals surface area contributed by atoms with Crippen molar-refractivity contribution in [2.75, 3.05) is 32.2 Å². The van der Waals surface area contributed by atoms with Crippen molar-refractivity contribution in [3.8, 4) is 0 Å². The first-order valence-corrected chi connectivity index (χ1v) is 6.11. The summed E-state index contributed by atoms with van der Waals surface area (Å²) >= 11 is 0. The van der Waals surface area contributed by atoms with Crippen LogP contribution in [0.4, 0.5) is 5.69 Å². The molecule has 0 saturated heterocycles. The van der Waals surface area contributed by atoms with Crippen LogP contribution in [0.2, 0.25) is 0 Å². The van der Waals surface area contributed by atoms with Crippen LogP contribution in [-0.2, 0) is 11.3 Å². The van der Waals surface area contributed by atoms with Gasteiger partial charge in [-0.2, -0.15) is 5.10 Å². The van der Waals surface area contributed by atoms with Gasteiger partial charge in [0.15, 0.2) is 0 Å². The molecule has 0 aliphatic rings. The van der Waals surface area contributed by atoms with Gasteiger partial charge in [0.25, 0.3) is 5.56 Å². The second-order valence-corrected chi connectivity index (χ2v) is 4.32. The van der Waals surface area contributed by atoms with Crippen molar-refractivity contribution in [2.24, 2.45) is 5.73 Å². The largest absolute Gasteiger partial charge is 0.383 e. The van der Waals surface area contributed by atoms with Crippen LogP contribution in [-0.4, -0.2) is 43.1 Å². The van der Waals surface area contributed by atoms with E-state index in [1.54, 1.807) is 19.4 Å². The number of nitrogens with two attached hydrogens (primary N) is 1. The fourth-order valence-corrected chi connectivity index (χ4v) is 1.48. The zero-order chi connectivity index (χ0) is 13.5. The highest BCUT2D eigenvalue weighted by Gasteiger charge is 2.07. The van der Waals surface area contributed by atoms with Crippen LogP contribution in [0.5, 0.6) is 0 Å². The Morgan fingerprint density at radius 3 is 2.89 bits per heavy atom. The molecule has 18 heavy (non-hydrogen) atoms. The Morgan fingerprint density at radius 2 is 2.33 bits per heavy atom. The molecule has 102 valence electrons. The highest BCUT2D eigenvalue weighted by Crippen LogP contribution is 2.06. The Morgan fingerprint density at radius 1 is 1.61 bits per heavy atom.